The van der Waals surface area contributed by atoms with Crippen LogP contribution in [0.2, 0.25) is 0 Å². The van der Waals surface area contributed by atoms with Crippen LogP contribution in [0.15, 0.2) is 11.4 Å². The topological polar surface area (TPSA) is 58.4 Å². The fraction of sp³-hybridized carbons (Fsp3) is 0.714. The Balaban J connectivity index is 1.69. The molecule has 0 aliphatic carbocycles. The van der Waals surface area contributed by atoms with Gasteiger partial charge >= 0.3 is 5.00 Å². The van der Waals surface area contributed by atoms with Crippen molar-refractivity contribution in [1.29, 1.82) is 0 Å². The van der Waals surface area contributed by atoms with Crippen LogP contribution >= 0.6 is 11.3 Å². The van der Waals surface area contributed by atoms with Gasteiger partial charge in [-0.25, -0.2) is 0 Å². The van der Waals surface area contributed by atoms with Gasteiger partial charge in [-0.15, -0.1) is 0 Å². The number of likely N-dealkylation sites (tertiary alicyclic amines) is 1. The van der Waals surface area contributed by atoms with Crippen molar-refractivity contribution in [3.05, 3.63) is 27.1 Å². The van der Waals surface area contributed by atoms with E-state index in [9.17, 15) is 10.1 Å². The molecule has 0 spiro atoms. The molecule has 1 aromatic rings. The van der Waals surface area contributed by atoms with Crippen LogP contribution in [0.3, 0.4) is 0 Å². The number of unbranched alkanes of at least 4 members (excludes halogenated alkanes) is 1. The number of rotatable bonds is 7. The third-order valence-corrected chi connectivity index (χ3v) is 4.76. The Labute approximate surface area is 124 Å². The second-order valence-electron chi connectivity index (χ2n) is 5.40. The first kappa shape index (κ1) is 15.4. The van der Waals surface area contributed by atoms with Crippen molar-refractivity contribution in [1.82, 2.24) is 10.2 Å². The maximum atomic E-state index is 10.6. The minimum atomic E-state index is -0.319. The van der Waals surface area contributed by atoms with Gasteiger partial charge in [-0.2, -0.15) is 0 Å². The molecule has 0 amide bonds. The second-order valence-corrected chi connectivity index (χ2v) is 6.29. The lowest BCUT2D eigenvalue weighted by Crippen LogP contribution is -2.42. The number of nitrogens with one attached hydrogen (secondary N) is 1. The maximum Gasteiger partial charge on any atom is 0.324 e. The molecule has 0 atom stereocenters. The van der Waals surface area contributed by atoms with Crippen molar-refractivity contribution in [2.45, 2.75) is 45.2 Å². The standard InChI is InChI=1S/C14H23N3O2S/c1-2-3-6-16-7-4-13(5-8-16)15-10-12-9-14(17(18)19)20-11-12/h9,11,13,15H,2-8,10H2,1H3. The van der Waals surface area contributed by atoms with E-state index in [0.29, 0.717) is 6.04 Å². The highest BCUT2D eigenvalue weighted by atomic mass is 32.1. The molecule has 1 aliphatic rings. The number of hydrogen-bond donors (Lipinski definition) is 1. The Kier molecular flexibility index (Phi) is 5.94. The zero-order chi connectivity index (χ0) is 14.4. The molecule has 20 heavy (non-hydrogen) atoms. The SMILES string of the molecule is CCCCN1CCC(NCc2csc([N+](=O)[O-])c2)CC1. The summed E-state index contributed by atoms with van der Waals surface area (Å²) in [7, 11) is 0. The van der Waals surface area contributed by atoms with Crippen molar-refractivity contribution in [2.24, 2.45) is 0 Å². The van der Waals surface area contributed by atoms with Gasteiger partial charge in [0.2, 0.25) is 0 Å². The van der Waals surface area contributed by atoms with E-state index in [0.717, 1.165) is 12.1 Å². The predicted molar refractivity (Wildman–Crippen MR) is 82.2 cm³/mol. The normalized spacial score (nSPS) is 17.4. The van der Waals surface area contributed by atoms with Gasteiger partial charge in [-0.1, -0.05) is 24.7 Å². The van der Waals surface area contributed by atoms with Crippen LogP contribution in [-0.2, 0) is 6.54 Å². The lowest BCUT2D eigenvalue weighted by Gasteiger charge is -2.32. The van der Waals surface area contributed by atoms with Crippen LogP contribution in [0.4, 0.5) is 5.00 Å². The van der Waals surface area contributed by atoms with Crippen LogP contribution in [0.1, 0.15) is 38.2 Å². The molecule has 1 aliphatic heterocycles. The van der Waals surface area contributed by atoms with Crippen molar-refractivity contribution < 1.29 is 4.92 Å². The summed E-state index contributed by atoms with van der Waals surface area (Å²) in [6.45, 7) is 6.53. The maximum absolute atomic E-state index is 10.6. The Hall–Kier alpha value is -0.980. The average Bonchev–Trinajstić information content (AvgIpc) is 2.93. The summed E-state index contributed by atoms with van der Waals surface area (Å²) in [6.07, 6.45) is 4.90. The molecule has 1 fully saturated rings. The number of nitrogens with zero attached hydrogens (tertiary/aromatic N) is 2. The van der Waals surface area contributed by atoms with Crippen molar-refractivity contribution >= 4 is 16.3 Å². The molecule has 0 unspecified atom stereocenters. The summed E-state index contributed by atoms with van der Waals surface area (Å²) in [6, 6.07) is 2.22. The van der Waals surface area contributed by atoms with Crippen molar-refractivity contribution in [3.8, 4) is 0 Å². The Morgan fingerprint density at radius 2 is 2.25 bits per heavy atom. The molecule has 2 heterocycles. The van der Waals surface area contributed by atoms with Gasteiger partial charge in [0.05, 0.1) is 4.92 Å². The quantitative estimate of drug-likeness (QED) is 0.621. The minimum absolute atomic E-state index is 0.233. The highest BCUT2D eigenvalue weighted by Crippen LogP contribution is 2.22. The highest BCUT2D eigenvalue weighted by molar-refractivity contribution is 7.13. The predicted octanol–water partition coefficient (Wildman–Crippen LogP) is 3.01. The zero-order valence-corrected chi connectivity index (χ0v) is 12.8. The third-order valence-electron chi connectivity index (χ3n) is 3.83. The summed E-state index contributed by atoms with van der Waals surface area (Å²) in [5.41, 5.74) is 1.02. The number of piperidine rings is 1. The molecule has 1 N–H and O–H groups in total. The number of thiophene rings is 1. The van der Waals surface area contributed by atoms with Gasteiger partial charge in [0.15, 0.2) is 0 Å². The average molecular weight is 297 g/mol. The Morgan fingerprint density at radius 1 is 1.50 bits per heavy atom. The van der Waals surface area contributed by atoms with Crippen LogP contribution in [0.25, 0.3) is 0 Å². The third kappa shape index (κ3) is 4.54. The van der Waals surface area contributed by atoms with E-state index in [1.807, 2.05) is 5.38 Å². The summed E-state index contributed by atoms with van der Waals surface area (Å²) in [4.78, 5) is 12.9. The summed E-state index contributed by atoms with van der Waals surface area (Å²) in [5, 5.41) is 16.3. The van der Waals surface area contributed by atoms with E-state index in [-0.39, 0.29) is 9.92 Å². The molecule has 0 radical (unpaired) electrons. The number of nitro groups is 1. The van der Waals surface area contributed by atoms with Crippen LogP contribution in [0, 0.1) is 10.1 Å². The van der Waals surface area contributed by atoms with Gasteiger partial charge in [-0.3, -0.25) is 10.1 Å². The second kappa shape index (κ2) is 7.71. The molecule has 2 rings (SSSR count). The summed E-state index contributed by atoms with van der Waals surface area (Å²) in [5.74, 6) is 0. The van der Waals surface area contributed by atoms with E-state index in [1.165, 1.54) is 56.7 Å². The lowest BCUT2D eigenvalue weighted by molar-refractivity contribution is -0.380. The highest BCUT2D eigenvalue weighted by Gasteiger charge is 2.18. The largest absolute Gasteiger partial charge is 0.324 e. The molecule has 0 aromatic carbocycles. The van der Waals surface area contributed by atoms with Crippen LogP contribution in [-0.4, -0.2) is 35.5 Å². The molecule has 112 valence electrons. The van der Waals surface area contributed by atoms with Gasteiger partial charge in [0.25, 0.3) is 0 Å². The van der Waals surface area contributed by atoms with Gasteiger partial charge in [0, 0.05) is 24.0 Å². The zero-order valence-electron chi connectivity index (χ0n) is 12.0. The van der Waals surface area contributed by atoms with Crippen molar-refractivity contribution in [3.63, 3.8) is 0 Å². The van der Waals surface area contributed by atoms with E-state index in [1.54, 1.807) is 6.07 Å². The molecule has 1 aromatic heterocycles. The van der Waals surface area contributed by atoms with Crippen LogP contribution < -0.4 is 5.32 Å². The summed E-state index contributed by atoms with van der Waals surface area (Å²) < 4.78 is 0. The lowest BCUT2D eigenvalue weighted by atomic mass is 10.0. The first-order valence-corrected chi connectivity index (χ1v) is 8.24. The van der Waals surface area contributed by atoms with Gasteiger partial charge in [-0.05, 0) is 44.5 Å². The molecule has 0 saturated carbocycles. The fourth-order valence-corrected chi connectivity index (χ4v) is 3.28. The van der Waals surface area contributed by atoms with Gasteiger partial charge < -0.3 is 10.2 Å². The van der Waals surface area contributed by atoms with Crippen molar-refractivity contribution in [2.75, 3.05) is 19.6 Å². The first-order valence-electron chi connectivity index (χ1n) is 7.36. The first-order chi connectivity index (χ1) is 9.69. The van der Waals surface area contributed by atoms with E-state index < -0.39 is 0 Å². The molecule has 1 saturated heterocycles. The van der Waals surface area contributed by atoms with E-state index in [2.05, 4.69) is 17.1 Å². The molecular formula is C14H23N3O2S. The smallest absolute Gasteiger partial charge is 0.310 e. The summed E-state index contributed by atoms with van der Waals surface area (Å²) >= 11 is 1.21. The molecule has 5 nitrogen and oxygen atoms in total. The molecule has 6 heteroatoms. The number of hydrogen-bond acceptors (Lipinski definition) is 5. The fourth-order valence-electron chi connectivity index (χ4n) is 2.56. The Morgan fingerprint density at radius 3 is 2.85 bits per heavy atom. The van der Waals surface area contributed by atoms with Crippen LogP contribution in [0.5, 0.6) is 0 Å². The Bertz CT molecular complexity index is 428. The molecule has 0 bridgehead atoms. The van der Waals surface area contributed by atoms with E-state index in [4.69, 9.17) is 0 Å². The van der Waals surface area contributed by atoms with Gasteiger partial charge in [0.1, 0.15) is 0 Å². The molecular weight excluding hydrogens is 274 g/mol. The minimum Gasteiger partial charge on any atom is -0.310 e. The monoisotopic (exact) mass is 297 g/mol. The van der Waals surface area contributed by atoms with E-state index >= 15 is 0 Å².